The normalized spacial score (nSPS) is 17.0. The molecule has 0 unspecified atom stereocenters. The van der Waals surface area contributed by atoms with Crippen molar-refractivity contribution < 1.29 is 9.53 Å². The molecule has 3 nitrogen and oxygen atoms in total. The first kappa shape index (κ1) is 12.3. The van der Waals surface area contributed by atoms with Crippen LogP contribution in [-0.4, -0.2) is 43.5 Å². The number of carbonyl (C=O) groups is 1. The van der Waals surface area contributed by atoms with E-state index in [1.54, 1.807) is 0 Å². The van der Waals surface area contributed by atoms with E-state index in [0.29, 0.717) is 6.54 Å². The van der Waals surface area contributed by atoms with Crippen LogP contribution in [0.4, 0.5) is 0 Å². The quantitative estimate of drug-likeness (QED) is 0.742. The first-order chi connectivity index (χ1) is 8.29. The summed E-state index contributed by atoms with van der Waals surface area (Å²) in [6.07, 6.45) is 1.01. The summed E-state index contributed by atoms with van der Waals surface area (Å²) in [5.41, 5.74) is 2.08. The number of hydrogen-bond acceptors (Lipinski definition) is 3. The van der Waals surface area contributed by atoms with Crippen molar-refractivity contribution in [2.24, 2.45) is 0 Å². The van der Waals surface area contributed by atoms with Crippen molar-refractivity contribution in [1.82, 2.24) is 4.90 Å². The molecular formula is C14H19NO2. The predicted molar refractivity (Wildman–Crippen MR) is 67.4 cm³/mol. The fraction of sp³-hybridized carbons (Fsp3) is 0.500. The summed E-state index contributed by atoms with van der Waals surface area (Å²) in [7, 11) is 0. The third-order valence-electron chi connectivity index (χ3n) is 3.16. The minimum Gasteiger partial charge on any atom is -0.379 e. The van der Waals surface area contributed by atoms with Gasteiger partial charge in [-0.3, -0.25) is 9.69 Å². The van der Waals surface area contributed by atoms with Gasteiger partial charge in [-0.2, -0.15) is 0 Å². The van der Waals surface area contributed by atoms with E-state index in [9.17, 15) is 4.79 Å². The summed E-state index contributed by atoms with van der Waals surface area (Å²) in [6, 6.07) is 7.93. The molecule has 1 aromatic rings. The van der Waals surface area contributed by atoms with Crippen molar-refractivity contribution in [2.75, 3.05) is 32.8 Å². The minimum absolute atomic E-state index is 0.203. The number of carbonyl (C=O) groups excluding carboxylic acids is 1. The van der Waals surface area contributed by atoms with Gasteiger partial charge < -0.3 is 4.74 Å². The lowest BCUT2D eigenvalue weighted by molar-refractivity contribution is 0.0371. The van der Waals surface area contributed by atoms with E-state index < -0.39 is 0 Å². The van der Waals surface area contributed by atoms with Gasteiger partial charge in [-0.15, -0.1) is 0 Å². The third kappa shape index (κ3) is 3.38. The Morgan fingerprint density at radius 2 is 1.88 bits per heavy atom. The Morgan fingerprint density at radius 1 is 1.24 bits per heavy atom. The zero-order valence-corrected chi connectivity index (χ0v) is 10.3. The molecule has 1 heterocycles. The summed E-state index contributed by atoms with van der Waals surface area (Å²) in [6.45, 7) is 5.82. The van der Waals surface area contributed by atoms with Crippen LogP contribution in [0.15, 0.2) is 24.3 Å². The molecule has 0 aromatic heterocycles. The Bertz CT molecular complexity index is 366. The molecule has 0 saturated carbocycles. The number of nitrogens with zero attached hydrogens (tertiary/aromatic N) is 1. The number of benzene rings is 1. The number of ketones is 1. The number of ether oxygens (including phenoxy) is 1. The van der Waals surface area contributed by atoms with Crippen LogP contribution in [0.5, 0.6) is 0 Å². The molecule has 0 aliphatic carbocycles. The second-order valence-electron chi connectivity index (χ2n) is 4.36. The van der Waals surface area contributed by atoms with Crippen molar-refractivity contribution in [3.8, 4) is 0 Å². The summed E-state index contributed by atoms with van der Waals surface area (Å²) < 4.78 is 5.26. The predicted octanol–water partition coefficient (Wildman–Crippen LogP) is 1.76. The average molecular weight is 233 g/mol. The number of morpholine rings is 1. The molecule has 1 fully saturated rings. The molecule has 1 aliphatic heterocycles. The maximum Gasteiger partial charge on any atom is 0.176 e. The molecule has 0 N–H and O–H groups in total. The fourth-order valence-corrected chi connectivity index (χ4v) is 1.98. The van der Waals surface area contributed by atoms with Gasteiger partial charge in [-0.05, 0) is 12.0 Å². The lowest BCUT2D eigenvalue weighted by Gasteiger charge is -2.25. The van der Waals surface area contributed by atoms with Gasteiger partial charge in [0, 0.05) is 18.7 Å². The molecule has 17 heavy (non-hydrogen) atoms. The smallest absolute Gasteiger partial charge is 0.176 e. The van der Waals surface area contributed by atoms with Gasteiger partial charge in [0.15, 0.2) is 5.78 Å². The van der Waals surface area contributed by atoms with Crippen LogP contribution in [0.2, 0.25) is 0 Å². The monoisotopic (exact) mass is 233 g/mol. The van der Waals surface area contributed by atoms with Crippen LogP contribution < -0.4 is 0 Å². The molecule has 2 rings (SSSR count). The highest BCUT2D eigenvalue weighted by Crippen LogP contribution is 2.07. The maximum atomic E-state index is 12.0. The largest absolute Gasteiger partial charge is 0.379 e. The van der Waals surface area contributed by atoms with Gasteiger partial charge in [0.2, 0.25) is 0 Å². The molecule has 0 spiro atoms. The average Bonchev–Trinajstić information content (AvgIpc) is 2.40. The summed E-state index contributed by atoms with van der Waals surface area (Å²) in [4.78, 5) is 14.2. The highest BCUT2D eigenvalue weighted by Gasteiger charge is 2.15. The van der Waals surface area contributed by atoms with E-state index in [4.69, 9.17) is 4.74 Å². The standard InChI is InChI=1S/C14H19NO2/c1-2-12-3-5-13(6-4-12)14(16)11-15-7-9-17-10-8-15/h3-6H,2,7-11H2,1H3. The molecule has 0 radical (unpaired) electrons. The van der Waals surface area contributed by atoms with E-state index in [-0.39, 0.29) is 5.78 Å². The molecule has 0 bridgehead atoms. The number of rotatable bonds is 4. The van der Waals surface area contributed by atoms with Gasteiger partial charge in [0.25, 0.3) is 0 Å². The van der Waals surface area contributed by atoms with Gasteiger partial charge >= 0.3 is 0 Å². The van der Waals surface area contributed by atoms with Crippen LogP contribution in [-0.2, 0) is 11.2 Å². The fourth-order valence-electron chi connectivity index (χ4n) is 1.98. The van der Waals surface area contributed by atoms with Gasteiger partial charge in [-0.1, -0.05) is 31.2 Å². The highest BCUT2D eigenvalue weighted by atomic mass is 16.5. The van der Waals surface area contributed by atoms with E-state index in [1.807, 2.05) is 24.3 Å². The van der Waals surface area contributed by atoms with Gasteiger partial charge in [-0.25, -0.2) is 0 Å². The van der Waals surface area contributed by atoms with Crippen molar-refractivity contribution >= 4 is 5.78 Å². The minimum atomic E-state index is 0.203. The molecular weight excluding hydrogens is 214 g/mol. The van der Waals surface area contributed by atoms with E-state index in [0.717, 1.165) is 38.3 Å². The van der Waals surface area contributed by atoms with Gasteiger partial charge in [0.05, 0.1) is 19.8 Å². The zero-order valence-electron chi connectivity index (χ0n) is 10.3. The Kier molecular flexibility index (Phi) is 4.29. The Hall–Kier alpha value is -1.19. The van der Waals surface area contributed by atoms with Crippen LogP contribution in [0.1, 0.15) is 22.8 Å². The molecule has 92 valence electrons. The van der Waals surface area contributed by atoms with Crippen LogP contribution in [0.3, 0.4) is 0 Å². The third-order valence-corrected chi connectivity index (χ3v) is 3.16. The highest BCUT2D eigenvalue weighted by molar-refractivity contribution is 5.97. The second-order valence-corrected chi connectivity index (χ2v) is 4.36. The Balaban J connectivity index is 1.93. The van der Waals surface area contributed by atoms with Crippen molar-refractivity contribution in [1.29, 1.82) is 0 Å². The van der Waals surface area contributed by atoms with E-state index in [1.165, 1.54) is 5.56 Å². The molecule has 3 heteroatoms. The summed E-state index contributed by atoms with van der Waals surface area (Å²) in [5, 5.41) is 0. The Morgan fingerprint density at radius 3 is 2.47 bits per heavy atom. The lowest BCUT2D eigenvalue weighted by atomic mass is 10.1. The van der Waals surface area contributed by atoms with Gasteiger partial charge in [0.1, 0.15) is 0 Å². The van der Waals surface area contributed by atoms with Crippen molar-refractivity contribution in [3.05, 3.63) is 35.4 Å². The molecule has 1 saturated heterocycles. The Labute approximate surface area is 102 Å². The topological polar surface area (TPSA) is 29.5 Å². The number of Topliss-reactive ketones (excluding diaryl/α,β-unsaturated/α-hetero) is 1. The first-order valence-corrected chi connectivity index (χ1v) is 6.22. The van der Waals surface area contributed by atoms with E-state index in [2.05, 4.69) is 11.8 Å². The van der Waals surface area contributed by atoms with Crippen LogP contribution >= 0.6 is 0 Å². The number of aryl methyl sites for hydroxylation is 1. The molecule has 1 aromatic carbocycles. The lowest BCUT2D eigenvalue weighted by Crippen LogP contribution is -2.39. The van der Waals surface area contributed by atoms with Crippen LogP contribution in [0.25, 0.3) is 0 Å². The first-order valence-electron chi connectivity index (χ1n) is 6.22. The maximum absolute atomic E-state index is 12.0. The zero-order chi connectivity index (χ0) is 12.1. The van der Waals surface area contributed by atoms with E-state index >= 15 is 0 Å². The molecule has 1 aliphatic rings. The summed E-state index contributed by atoms with van der Waals surface area (Å²) >= 11 is 0. The summed E-state index contributed by atoms with van der Waals surface area (Å²) in [5.74, 6) is 0.203. The molecule has 0 amide bonds. The van der Waals surface area contributed by atoms with Crippen LogP contribution in [0, 0.1) is 0 Å². The van der Waals surface area contributed by atoms with Crippen molar-refractivity contribution in [2.45, 2.75) is 13.3 Å². The SMILES string of the molecule is CCc1ccc(C(=O)CN2CCOCC2)cc1. The van der Waals surface area contributed by atoms with Crippen molar-refractivity contribution in [3.63, 3.8) is 0 Å². The molecule has 0 atom stereocenters. The second kappa shape index (κ2) is 5.94. The number of hydrogen-bond donors (Lipinski definition) is 0.